The Morgan fingerprint density at radius 2 is 2.05 bits per heavy atom. The lowest BCUT2D eigenvalue weighted by molar-refractivity contribution is 0.409. The minimum atomic E-state index is 0.427. The van der Waals surface area contributed by atoms with Crippen molar-refractivity contribution in [3.05, 3.63) is 53.9 Å². The van der Waals surface area contributed by atoms with Crippen LogP contribution in [0.1, 0.15) is 11.3 Å². The van der Waals surface area contributed by atoms with Crippen LogP contribution in [0.15, 0.2) is 42.6 Å². The molecule has 0 atom stereocenters. The molecule has 4 heteroatoms. The highest BCUT2D eigenvalue weighted by Gasteiger charge is 2.07. The molecule has 1 heterocycles. The lowest BCUT2D eigenvalue weighted by Gasteiger charge is -2.21. The van der Waals surface area contributed by atoms with Crippen molar-refractivity contribution >= 4 is 17.3 Å². The van der Waals surface area contributed by atoms with Crippen molar-refractivity contribution in [2.24, 2.45) is 0 Å². The van der Waals surface area contributed by atoms with E-state index in [9.17, 15) is 0 Å². The predicted octanol–water partition coefficient (Wildman–Crippen LogP) is 3.47. The summed E-state index contributed by atoms with van der Waals surface area (Å²) in [6.45, 7) is 0.774. The summed E-state index contributed by atoms with van der Waals surface area (Å²) in [5.74, 6) is 1.33. The van der Waals surface area contributed by atoms with Crippen molar-refractivity contribution in [1.82, 2.24) is 4.98 Å². The van der Waals surface area contributed by atoms with Crippen LogP contribution in [0.25, 0.3) is 0 Å². The fraction of sp³-hybridized carbons (Fsp3) is 0.267. The molecule has 100 valence electrons. The molecule has 0 aliphatic rings. The number of aromatic nitrogens is 1. The van der Waals surface area contributed by atoms with E-state index in [4.69, 9.17) is 16.3 Å². The van der Waals surface area contributed by atoms with Gasteiger partial charge in [0.1, 0.15) is 5.75 Å². The quantitative estimate of drug-likeness (QED) is 0.782. The van der Waals surface area contributed by atoms with Crippen LogP contribution >= 0.6 is 11.6 Å². The first-order chi connectivity index (χ1) is 9.24. The summed E-state index contributed by atoms with van der Waals surface area (Å²) in [7, 11) is 3.73. The summed E-state index contributed by atoms with van der Waals surface area (Å²) < 4.78 is 5.37. The number of hydrogen-bond donors (Lipinski definition) is 0. The number of halogens is 1. The van der Waals surface area contributed by atoms with E-state index in [1.54, 1.807) is 13.3 Å². The fourth-order valence-electron chi connectivity index (χ4n) is 1.96. The Bertz CT molecular complexity index is 545. The number of alkyl halides is 1. The molecule has 1 aromatic heterocycles. The van der Waals surface area contributed by atoms with Crippen LogP contribution in [0.4, 0.5) is 5.69 Å². The van der Waals surface area contributed by atoms with Crippen LogP contribution in [0.3, 0.4) is 0 Å². The van der Waals surface area contributed by atoms with E-state index in [2.05, 4.69) is 16.0 Å². The van der Waals surface area contributed by atoms with Crippen molar-refractivity contribution in [3.8, 4) is 5.75 Å². The zero-order chi connectivity index (χ0) is 13.7. The first-order valence-electron chi connectivity index (χ1n) is 6.08. The van der Waals surface area contributed by atoms with Gasteiger partial charge in [-0.05, 0) is 18.2 Å². The van der Waals surface area contributed by atoms with Crippen LogP contribution < -0.4 is 9.64 Å². The largest absolute Gasteiger partial charge is 0.496 e. The SMILES string of the molecule is COc1ccccc1CN(C)c1ccnc(CCl)c1. The van der Waals surface area contributed by atoms with Crippen molar-refractivity contribution in [2.45, 2.75) is 12.4 Å². The normalized spacial score (nSPS) is 10.3. The molecule has 0 aliphatic carbocycles. The van der Waals surface area contributed by atoms with Gasteiger partial charge in [-0.2, -0.15) is 0 Å². The molecule has 0 saturated heterocycles. The Labute approximate surface area is 118 Å². The van der Waals surface area contributed by atoms with E-state index in [1.807, 2.05) is 37.4 Å². The number of ether oxygens (including phenoxy) is 1. The molecule has 2 rings (SSSR count). The molecule has 0 fully saturated rings. The molecule has 0 bridgehead atoms. The lowest BCUT2D eigenvalue weighted by Crippen LogP contribution is -2.17. The summed E-state index contributed by atoms with van der Waals surface area (Å²) >= 11 is 5.81. The van der Waals surface area contributed by atoms with Gasteiger partial charge in [0.15, 0.2) is 0 Å². The molecule has 3 nitrogen and oxygen atoms in total. The first-order valence-corrected chi connectivity index (χ1v) is 6.62. The van der Waals surface area contributed by atoms with Crippen molar-refractivity contribution in [3.63, 3.8) is 0 Å². The van der Waals surface area contributed by atoms with Gasteiger partial charge in [-0.1, -0.05) is 18.2 Å². The average molecular weight is 277 g/mol. The summed E-state index contributed by atoms with van der Waals surface area (Å²) in [4.78, 5) is 6.35. The molecule has 19 heavy (non-hydrogen) atoms. The molecule has 2 aromatic rings. The Morgan fingerprint density at radius 3 is 2.79 bits per heavy atom. The number of methoxy groups -OCH3 is 1. The minimum Gasteiger partial charge on any atom is -0.496 e. The van der Waals surface area contributed by atoms with Crippen LogP contribution in [-0.4, -0.2) is 19.1 Å². The molecule has 0 radical (unpaired) electrons. The van der Waals surface area contributed by atoms with Gasteiger partial charge in [-0.15, -0.1) is 11.6 Å². The zero-order valence-corrected chi connectivity index (χ0v) is 11.9. The average Bonchev–Trinajstić information content (AvgIpc) is 2.47. The highest BCUT2D eigenvalue weighted by Crippen LogP contribution is 2.22. The Morgan fingerprint density at radius 1 is 1.26 bits per heavy atom. The molecule has 0 amide bonds. The van der Waals surface area contributed by atoms with Crippen LogP contribution in [0.5, 0.6) is 5.75 Å². The Balaban J connectivity index is 2.18. The highest BCUT2D eigenvalue weighted by atomic mass is 35.5. The summed E-state index contributed by atoms with van der Waals surface area (Å²) in [5, 5.41) is 0. The molecule has 0 aliphatic heterocycles. The van der Waals surface area contributed by atoms with Gasteiger partial charge in [0.05, 0.1) is 18.7 Å². The maximum Gasteiger partial charge on any atom is 0.123 e. The van der Waals surface area contributed by atoms with Crippen LogP contribution in [0, 0.1) is 0 Å². The number of pyridine rings is 1. The molecule has 0 saturated carbocycles. The highest BCUT2D eigenvalue weighted by molar-refractivity contribution is 6.16. The van der Waals surface area contributed by atoms with E-state index in [-0.39, 0.29) is 0 Å². The number of para-hydroxylation sites is 1. The third kappa shape index (κ3) is 3.38. The second-order valence-electron chi connectivity index (χ2n) is 4.31. The fourth-order valence-corrected chi connectivity index (χ4v) is 2.10. The van der Waals surface area contributed by atoms with Gasteiger partial charge in [0.25, 0.3) is 0 Å². The second-order valence-corrected chi connectivity index (χ2v) is 4.57. The number of hydrogen-bond acceptors (Lipinski definition) is 3. The minimum absolute atomic E-state index is 0.427. The summed E-state index contributed by atoms with van der Waals surface area (Å²) in [6, 6.07) is 12.0. The van der Waals surface area contributed by atoms with Gasteiger partial charge in [0.2, 0.25) is 0 Å². The second kappa shape index (κ2) is 6.43. The van der Waals surface area contributed by atoms with Crippen molar-refractivity contribution in [2.75, 3.05) is 19.1 Å². The van der Waals surface area contributed by atoms with Gasteiger partial charge in [0, 0.05) is 31.0 Å². The van der Waals surface area contributed by atoms with Crippen LogP contribution in [-0.2, 0) is 12.4 Å². The topological polar surface area (TPSA) is 25.4 Å². The van der Waals surface area contributed by atoms with E-state index in [0.29, 0.717) is 5.88 Å². The monoisotopic (exact) mass is 276 g/mol. The molecule has 1 aromatic carbocycles. The third-order valence-corrected chi connectivity index (χ3v) is 3.25. The summed E-state index contributed by atoms with van der Waals surface area (Å²) in [6.07, 6.45) is 1.78. The van der Waals surface area contributed by atoms with Gasteiger partial charge < -0.3 is 9.64 Å². The number of rotatable bonds is 5. The van der Waals surface area contributed by atoms with Crippen molar-refractivity contribution in [1.29, 1.82) is 0 Å². The molecule has 0 unspecified atom stereocenters. The Kier molecular flexibility index (Phi) is 4.63. The summed E-state index contributed by atoms with van der Waals surface area (Å²) in [5.41, 5.74) is 3.12. The lowest BCUT2D eigenvalue weighted by atomic mass is 10.2. The maximum atomic E-state index is 5.81. The smallest absolute Gasteiger partial charge is 0.123 e. The molecular weight excluding hydrogens is 260 g/mol. The maximum absolute atomic E-state index is 5.81. The van der Waals surface area contributed by atoms with E-state index in [0.717, 1.165) is 29.2 Å². The van der Waals surface area contributed by atoms with E-state index < -0.39 is 0 Å². The number of nitrogens with zero attached hydrogens (tertiary/aromatic N) is 2. The van der Waals surface area contributed by atoms with E-state index >= 15 is 0 Å². The standard InChI is InChI=1S/C15H17ClN2O/c1-18(14-7-8-17-13(9-14)10-16)11-12-5-3-4-6-15(12)19-2/h3-9H,10-11H2,1-2H3. The molecule has 0 spiro atoms. The third-order valence-electron chi connectivity index (χ3n) is 2.98. The van der Waals surface area contributed by atoms with E-state index in [1.165, 1.54) is 0 Å². The van der Waals surface area contributed by atoms with Crippen LogP contribution in [0.2, 0.25) is 0 Å². The zero-order valence-electron chi connectivity index (χ0n) is 11.1. The van der Waals surface area contributed by atoms with Gasteiger partial charge in [-0.3, -0.25) is 4.98 Å². The molecular formula is C15H17ClN2O. The van der Waals surface area contributed by atoms with Gasteiger partial charge >= 0.3 is 0 Å². The number of benzene rings is 1. The molecule has 0 N–H and O–H groups in total. The Hall–Kier alpha value is -1.74. The predicted molar refractivity (Wildman–Crippen MR) is 78.9 cm³/mol. The van der Waals surface area contributed by atoms with Gasteiger partial charge in [-0.25, -0.2) is 0 Å². The van der Waals surface area contributed by atoms with Crippen molar-refractivity contribution < 1.29 is 4.74 Å². The first kappa shape index (κ1) is 13.7. The number of anilines is 1.